The highest BCUT2D eigenvalue weighted by atomic mass is 16.6. The summed E-state index contributed by atoms with van der Waals surface area (Å²) in [5, 5.41) is 20.6. The van der Waals surface area contributed by atoms with E-state index >= 15 is 0 Å². The Balaban J connectivity index is 1.62. The fraction of sp³-hybridized carbons (Fsp3) is 0.704. The Kier molecular flexibility index (Phi) is 7.23. The van der Waals surface area contributed by atoms with Crippen molar-refractivity contribution in [3.8, 4) is 0 Å². The Morgan fingerprint density at radius 1 is 1.27 bits per heavy atom. The molecular formula is C27H38N2O8. The van der Waals surface area contributed by atoms with Crippen molar-refractivity contribution in [2.24, 2.45) is 22.2 Å². The number of piperidine rings is 2. The number of carbonyl (C=O) groups is 1. The summed E-state index contributed by atoms with van der Waals surface area (Å²) in [5.41, 5.74) is -0.555. The molecule has 2 N–H and O–H groups in total. The Labute approximate surface area is 217 Å². The van der Waals surface area contributed by atoms with E-state index in [1.54, 1.807) is 26.6 Å². The minimum absolute atomic E-state index is 0.102. The average molecular weight is 519 g/mol. The minimum Gasteiger partial charge on any atom is -0.504 e. The number of aliphatic hydroxyl groups is 2. The van der Waals surface area contributed by atoms with E-state index in [4.69, 9.17) is 28.7 Å². The predicted octanol–water partition coefficient (Wildman–Crippen LogP) is 1.19. The van der Waals surface area contributed by atoms with Crippen LogP contribution in [0.5, 0.6) is 0 Å². The second kappa shape index (κ2) is 10.1. The summed E-state index contributed by atoms with van der Waals surface area (Å²) >= 11 is 0. The zero-order valence-corrected chi connectivity index (χ0v) is 21.9. The van der Waals surface area contributed by atoms with Crippen molar-refractivity contribution in [2.75, 3.05) is 60.3 Å². The Bertz CT molecular complexity index is 1020. The van der Waals surface area contributed by atoms with Gasteiger partial charge in [0.2, 0.25) is 5.72 Å². The van der Waals surface area contributed by atoms with Crippen molar-refractivity contribution in [3.05, 3.63) is 35.3 Å². The fourth-order valence-electron chi connectivity index (χ4n) is 7.32. The van der Waals surface area contributed by atoms with Gasteiger partial charge in [-0.25, -0.2) is 4.99 Å². The lowest BCUT2D eigenvalue weighted by molar-refractivity contribution is -0.285. The molecule has 10 heteroatoms. The third-order valence-corrected chi connectivity index (χ3v) is 9.03. The second-order valence-corrected chi connectivity index (χ2v) is 10.5. The van der Waals surface area contributed by atoms with Gasteiger partial charge in [0.05, 0.1) is 69.7 Å². The van der Waals surface area contributed by atoms with Gasteiger partial charge in [-0.1, -0.05) is 19.4 Å². The smallest absolute Gasteiger partial charge is 0.293 e. The molecule has 5 aliphatic rings. The van der Waals surface area contributed by atoms with Gasteiger partial charge in [0.15, 0.2) is 5.60 Å². The van der Waals surface area contributed by atoms with Crippen LogP contribution in [0, 0.1) is 17.3 Å². The normalized spacial score (nSPS) is 36.6. The first kappa shape index (κ1) is 26.4. The molecule has 5 rings (SSSR count). The van der Waals surface area contributed by atoms with Crippen LogP contribution in [0.3, 0.4) is 0 Å². The molecule has 4 aliphatic heterocycles. The average Bonchev–Trinajstić information content (AvgIpc) is 3.25. The summed E-state index contributed by atoms with van der Waals surface area (Å²) in [6, 6.07) is -0.111. The van der Waals surface area contributed by atoms with Crippen LogP contribution in [0.25, 0.3) is 0 Å². The van der Waals surface area contributed by atoms with Crippen molar-refractivity contribution < 1.29 is 38.7 Å². The van der Waals surface area contributed by atoms with Crippen molar-refractivity contribution in [2.45, 2.75) is 43.6 Å². The third-order valence-electron chi connectivity index (χ3n) is 9.03. The lowest BCUT2D eigenvalue weighted by Crippen LogP contribution is -2.74. The molecular weight excluding hydrogens is 480 g/mol. The van der Waals surface area contributed by atoms with Crippen LogP contribution in [-0.4, -0.2) is 105 Å². The Morgan fingerprint density at radius 3 is 2.73 bits per heavy atom. The SMILES string of the molecule is CC[C@@H]1CN2CC[C@@]34OCCO[C@@]3(N=C3C=CC(CO)(CO)C(OC)=C34)[C@@H]2C[C@@H]1/C(=C\OC)COC=O. The molecule has 0 amide bonds. The minimum atomic E-state index is -1.06. The third kappa shape index (κ3) is 3.71. The summed E-state index contributed by atoms with van der Waals surface area (Å²) in [6.45, 7) is 4.67. The van der Waals surface area contributed by atoms with E-state index in [0.29, 0.717) is 43.5 Å². The molecule has 1 aliphatic carbocycles. The van der Waals surface area contributed by atoms with Gasteiger partial charge in [0, 0.05) is 18.7 Å². The van der Waals surface area contributed by atoms with E-state index in [1.165, 1.54) is 0 Å². The molecule has 10 nitrogen and oxygen atoms in total. The molecule has 0 bridgehead atoms. The van der Waals surface area contributed by atoms with Crippen molar-refractivity contribution in [3.63, 3.8) is 0 Å². The van der Waals surface area contributed by atoms with Crippen LogP contribution in [0.2, 0.25) is 0 Å². The van der Waals surface area contributed by atoms with Gasteiger partial charge in [0.25, 0.3) is 6.47 Å². The van der Waals surface area contributed by atoms with Crippen molar-refractivity contribution in [1.29, 1.82) is 0 Å². The lowest BCUT2D eigenvalue weighted by atomic mass is 9.65. The topological polar surface area (TPSA) is 119 Å². The summed E-state index contributed by atoms with van der Waals surface area (Å²) in [4.78, 5) is 18.7. The summed E-state index contributed by atoms with van der Waals surface area (Å²) < 4.78 is 29.8. The largest absolute Gasteiger partial charge is 0.504 e. The van der Waals surface area contributed by atoms with Crippen molar-refractivity contribution >= 4 is 12.2 Å². The van der Waals surface area contributed by atoms with Crippen LogP contribution >= 0.6 is 0 Å². The van der Waals surface area contributed by atoms with Crippen LogP contribution in [0.1, 0.15) is 26.2 Å². The molecule has 3 saturated heterocycles. The number of ether oxygens (including phenoxy) is 5. The highest BCUT2D eigenvalue weighted by Gasteiger charge is 2.72. The second-order valence-electron chi connectivity index (χ2n) is 10.5. The first-order valence-electron chi connectivity index (χ1n) is 13.1. The van der Waals surface area contributed by atoms with Crippen LogP contribution in [0.15, 0.2) is 40.3 Å². The first-order valence-corrected chi connectivity index (χ1v) is 13.1. The van der Waals surface area contributed by atoms with Gasteiger partial charge in [-0.15, -0.1) is 0 Å². The van der Waals surface area contributed by atoms with Gasteiger partial charge < -0.3 is 33.9 Å². The molecule has 4 heterocycles. The highest BCUT2D eigenvalue weighted by molar-refractivity contribution is 6.14. The van der Waals surface area contributed by atoms with Gasteiger partial charge in [0.1, 0.15) is 12.4 Å². The van der Waals surface area contributed by atoms with E-state index in [2.05, 4.69) is 11.8 Å². The Morgan fingerprint density at radius 2 is 2.05 bits per heavy atom. The molecule has 204 valence electrons. The number of fused-ring (bicyclic) bond motifs is 2. The summed E-state index contributed by atoms with van der Waals surface area (Å²) in [6.07, 6.45) is 7.67. The standard InChI is InChI=1S/C27H38N2O8/c1-4-18-12-29-8-7-26-23-21(5-6-25(15-30,16-31)24(23)34-3)28-27(26,37-10-9-36-26)22(29)11-20(18)19(13-33-2)14-35-17-32/h5-6,13,17-18,20,22,30-31H,4,7-12,14-16H2,1-3H3/b19-13-/t18-,20+,22+,26+,27+/m1/s1. The Hall–Kier alpha value is -2.24. The summed E-state index contributed by atoms with van der Waals surface area (Å²) in [5.74, 6) is 0.936. The van der Waals surface area contributed by atoms with Gasteiger partial charge in [-0.05, 0) is 30.8 Å². The number of aliphatic imine (C=N–C) groups is 1. The molecule has 5 atom stereocenters. The zero-order chi connectivity index (χ0) is 26.3. The molecule has 3 fully saturated rings. The van der Waals surface area contributed by atoms with Crippen LogP contribution in [0.4, 0.5) is 0 Å². The number of nitrogens with zero attached hydrogens (tertiary/aromatic N) is 2. The van der Waals surface area contributed by atoms with Crippen molar-refractivity contribution in [1.82, 2.24) is 4.90 Å². The number of methoxy groups -OCH3 is 2. The molecule has 0 radical (unpaired) electrons. The van der Waals surface area contributed by atoms with Gasteiger partial charge in [-0.2, -0.15) is 0 Å². The number of aliphatic hydroxyl groups excluding tert-OH is 2. The first-order chi connectivity index (χ1) is 18.0. The quantitative estimate of drug-likeness (QED) is 0.343. The molecule has 37 heavy (non-hydrogen) atoms. The molecule has 0 saturated carbocycles. The maximum absolute atomic E-state index is 11.0. The molecule has 0 aromatic heterocycles. The molecule has 0 spiro atoms. The maximum atomic E-state index is 11.0. The van der Waals surface area contributed by atoms with E-state index < -0.39 is 16.7 Å². The number of hydrogen-bond donors (Lipinski definition) is 2. The predicted molar refractivity (Wildman–Crippen MR) is 134 cm³/mol. The van der Waals surface area contributed by atoms with Gasteiger partial charge in [-0.3, -0.25) is 9.69 Å². The van der Waals surface area contributed by atoms with E-state index in [0.717, 1.165) is 37.1 Å². The van der Waals surface area contributed by atoms with E-state index in [9.17, 15) is 15.0 Å². The van der Waals surface area contributed by atoms with Crippen LogP contribution < -0.4 is 0 Å². The number of rotatable bonds is 9. The summed E-state index contributed by atoms with van der Waals surface area (Å²) in [7, 11) is 3.17. The lowest BCUT2D eigenvalue weighted by Gasteiger charge is -2.60. The monoisotopic (exact) mass is 518 g/mol. The van der Waals surface area contributed by atoms with Crippen LogP contribution in [-0.2, 0) is 28.5 Å². The van der Waals surface area contributed by atoms with E-state index in [-0.39, 0.29) is 31.8 Å². The number of hydrogen-bond acceptors (Lipinski definition) is 10. The number of allylic oxidation sites excluding steroid dienone is 1. The van der Waals surface area contributed by atoms with Gasteiger partial charge >= 0.3 is 0 Å². The van der Waals surface area contributed by atoms with E-state index in [1.807, 2.05) is 6.08 Å². The maximum Gasteiger partial charge on any atom is 0.293 e. The number of carbonyl (C=O) groups excluding carboxylic acids is 1. The molecule has 0 aromatic rings. The molecule has 0 aromatic carbocycles. The highest BCUT2D eigenvalue weighted by Crippen LogP contribution is 2.59. The molecule has 0 unspecified atom stereocenters. The fourth-order valence-corrected chi connectivity index (χ4v) is 7.32. The zero-order valence-electron chi connectivity index (χ0n) is 21.9.